The molecule has 2 heterocycles. The minimum absolute atomic E-state index is 0.243. The van der Waals surface area contributed by atoms with Crippen molar-refractivity contribution in [1.29, 1.82) is 0 Å². The van der Waals surface area contributed by atoms with Crippen LogP contribution in [0.25, 0.3) is 11.1 Å². The van der Waals surface area contributed by atoms with Gasteiger partial charge in [0.25, 0.3) is 0 Å². The van der Waals surface area contributed by atoms with Crippen molar-refractivity contribution >= 4 is 29.3 Å². The molecule has 0 radical (unpaired) electrons. The summed E-state index contributed by atoms with van der Waals surface area (Å²) in [6.07, 6.45) is 9.53. The second-order valence-electron chi connectivity index (χ2n) is 11.3. The van der Waals surface area contributed by atoms with Crippen molar-refractivity contribution < 1.29 is 14.3 Å². The lowest BCUT2D eigenvalue weighted by molar-refractivity contribution is -0.138. The van der Waals surface area contributed by atoms with Gasteiger partial charge in [-0.2, -0.15) is 10.2 Å². The minimum Gasteiger partial charge on any atom is -0.481 e. The van der Waals surface area contributed by atoms with E-state index in [9.17, 15) is 4.79 Å². The Labute approximate surface area is 234 Å². The molecule has 1 saturated carbocycles. The van der Waals surface area contributed by atoms with E-state index in [4.69, 9.17) is 5.11 Å². The molecule has 0 bridgehead atoms. The molecule has 3 aromatic carbocycles. The maximum Gasteiger partial charge on any atom is 0.303 e. The largest absolute Gasteiger partial charge is 0.481 e. The molecule has 0 spiro atoms. The van der Waals surface area contributed by atoms with Gasteiger partial charge >= 0.3 is 5.97 Å². The zero-order valence-electron chi connectivity index (χ0n) is 22.6. The lowest BCUT2D eigenvalue weighted by Crippen LogP contribution is -2.16. The topological polar surface area (TPSA) is 86.1 Å². The van der Waals surface area contributed by atoms with E-state index in [-0.39, 0.29) is 18.4 Å². The van der Waals surface area contributed by atoms with Gasteiger partial charge in [0.1, 0.15) is 12.0 Å². The van der Waals surface area contributed by atoms with Gasteiger partial charge < -0.3 is 15.7 Å². The predicted molar refractivity (Wildman–Crippen MR) is 159 cm³/mol. The first-order valence-corrected chi connectivity index (χ1v) is 14.4. The number of nitrogens with one attached hydrogen (secondary N) is 2. The number of hydrogen-bond acceptors (Lipinski definition) is 5. The third-order valence-corrected chi connectivity index (χ3v) is 8.57. The molecule has 3 N–H and O–H groups in total. The van der Waals surface area contributed by atoms with Gasteiger partial charge in [-0.25, -0.2) is 4.39 Å². The van der Waals surface area contributed by atoms with Crippen LogP contribution < -0.4 is 10.6 Å². The molecule has 7 heteroatoms. The van der Waals surface area contributed by atoms with Crippen LogP contribution in [0.15, 0.2) is 70.9 Å². The highest BCUT2D eigenvalue weighted by Gasteiger charge is 2.25. The molecule has 1 aliphatic carbocycles. The van der Waals surface area contributed by atoms with Crippen molar-refractivity contribution in [1.82, 2.24) is 0 Å². The van der Waals surface area contributed by atoms with Crippen LogP contribution in [0.2, 0.25) is 0 Å². The number of halogens is 1. The normalized spacial score (nSPS) is 21.7. The van der Waals surface area contributed by atoms with Gasteiger partial charge in [0.05, 0.1) is 11.4 Å². The number of benzene rings is 3. The first kappa shape index (κ1) is 26.2. The van der Waals surface area contributed by atoms with Crippen molar-refractivity contribution in [2.45, 2.75) is 69.9 Å². The number of nitrogens with zero attached hydrogens (tertiary/aromatic N) is 2. The van der Waals surface area contributed by atoms with Crippen molar-refractivity contribution in [2.24, 2.45) is 16.1 Å². The Hall–Kier alpha value is -4.00. The molecule has 40 heavy (non-hydrogen) atoms. The summed E-state index contributed by atoms with van der Waals surface area (Å²) in [5.74, 6) is -0.176. The molecule has 6 rings (SSSR count). The van der Waals surface area contributed by atoms with Crippen LogP contribution in [0.1, 0.15) is 80.1 Å². The van der Waals surface area contributed by atoms with Gasteiger partial charge in [0, 0.05) is 23.9 Å². The Morgan fingerprint density at radius 2 is 1.68 bits per heavy atom. The number of rotatable bonds is 8. The number of anilines is 2. The molecule has 3 aliphatic rings. The van der Waals surface area contributed by atoms with Gasteiger partial charge in [-0.1, -0.05) is 42.5 Å². The van der Waals surface area contributed by atoms with Crippen LogP contribution in [-0.4, -0.2) is 23.0 Å². The Kier molecular flexibility index (Phi) is 7.62. The first-order chi connectivity index (χ1) is 19.5. The molecule has 2 aliphatic heterocycles. The zero-order valence-corrected chi connectivity index (χ0v) is 22.6. The Balaban J connectivity index is 1.08. The van der Waals surface area contributed by atoms with Crippen molar-refractivity contribution in [3.05, 3.63) is 83.2 Å². The lowest BCUT2D eigenvalue weighted by Gasteiger charge is -2.28. The molecule has 1 fully saturated rings. The third-order valence-electron chi connectivity index (χ3n) is 8.57. The molecule has 6 nitrogen and oxygen atoms in total. The second-order valence-corrected chi connectivity index (χ2v) is 11.3. The van der Waals surface area contributed by atoms with Crippen LogP contribution in [0.4, 0.5) is 15.8 Å². The number of aliphatic carboxylic acids is 1. The van der Waals surface area contributed by atoms with Crippen LogP contribution >= 0.6 is 0 Å². The van der Waals surface area contributed by atoms with Crippen molar-refractivity contribution in [3.8, 4) is 11.1 Å². The van der Waals surface area contributed by atoms with Crippen molar-refractivity contribution in [3.63, 3.8) is 0 Å². The SMILES string of the molecule is O=C(O)CC1CCC(c2ccc(-c3ccc(C4Nc5ccc(CCC6=NN=CCC6)cc5N4)c(F)c3)cc2)CC1. The molecular weight excluding hydrogens is 503 g/mol. The fourth-order valence-corrected chi connectivity index (χ4v) is 6.26. The standard InChI is InChI=1S/C33H35FN4O2/c34-29-20-26(25-11-9-24(10-12-25)23-7-3-22(4-8-23)19-32(39)40)13-15-28(29)33-36-30-16-6-21(18-31(30)37-33)5-14-27-2-1-17-35-38-27/h6,9-13,15-18,20,22-23,33,36-37H,1-5,7-8,14,19H2,(H,39,40). The smallest absolute Gasteiger partial charge is 0.303 e. The number of carbonyl (C=O) groups is 1. The van der Waals surface area contributed by atoms with Crippen LogP contribution in [-0.2, 0) is 11.2 Å². The first-order valence-electron chi connectivity index (χ1n) is 14.4. The average molecular weight is 539 g/mol. The van der Waals surface area contributed by atoms with E-state index in [0.29, 0.717) is 17.4 Å². The molecule has 1 unspecified atom stereocenters. The van der Waals surface area contributed by atoms with E-state index >= 15 is 4.39 Å². The summed E-state index contributed by atoms with van der Waals surface area (Å²) >= 11 is 0. The van der Waals surface area contributed by atoms with E-state index in [1.807, 2.05) is 18.3 Å². The van der Waals surface area contributed by atoms with Crippen LogP contribution in [0.3, 0.4) is 0 Å². The van der Waals surface area contributed by atoms with Crippen molar-refractivity contribution in [2.75, 3.05) is 10.6 Å². The number of carboxylic acid groups (broad SMARTS) is 1. The number of aryl methyl sites for hydroxylation is 1. The Bertz CT molecular complexity index is 1440. The predicted octanol–water partition coefficient (Wildman–Crippen LogP) is 7.93. The number of carboxylic acids is 1. The van der Waals surface area contributed by atoms with Crippen LogP contribution in [0, 0.1) is 11.7 Å². The maximum atomic E-state index is 15.4. The van der Waals surface area contributed by atoms with E-state index in [0.717, 1.165) is 79.6 Å². The Morgan fingerprint density at radius 1 is 0.900 bits per heavy atom. The van der Waals surface area contributed by atoms with Gasteiger partial charge in [0.2, 0.25) is 0 Å². The molecule has 1 atom stereocenters. The summed E-state index contributed by atoms with van der Waals surface area (Å²) < 4.78 is 15.4. The lowest BCUT2D eigenvalue weighted by atomic mass is 9.77. The number of fused-ring (bicyclic) bond motifs is 1. The summed E-state index contributed by atoms with van der Waals surface area (Å²) in [6, 6.07) is 20.2. The fraction of sp³-hybridized carbons (Fsp3) is 0.364. The summed E-state index contributed by atoms with van der Waals surface area (Å²) in [7, 11) is 0. The maximum absolute atomic E-state index is 15.4. The van der Waals surface area contributed by atoms with E-state index < -0.39 is 5.97 Å². The second kappa shape index (κ2) is 11.6. The third kappa shape index (κ3) is 5.93. The number of hydrogen-bond donors (Lipinski definition) is 3. The highest BCUT2D eigenvalue weighted by atomic mass is 19.1. The van der Waals surface area contributed by atoms with Crippen LogP contribution in [0.5, 0.6) is 0 Å². The van der Waals surface area contributed by atoms with E-state index in [2.05, 4.69) is 63.3 Å². The molecular formula is C33H35FN4O2. The van der Waals surface area contributed by atoms with E-state index in [1.165, 1.54) is 11.1 Å². The quantitative estimate of drug-likeness (QED) is 0.272. The molecule has 206 valence electrons. The van der Waals surface area contributed by atoms with Gasteiger partial charge in [0.15, 0.2) is 0 Å². The molecule has 3 aromatic rings. The summed E-state index contributed by atoms with van der Waals surface area (Å²) in [6.45, 7) is 0. The van der Waals surface area contributed by atoms with E-state index in [1.54, 1.807) is 6.07 Å². The monoisotopic (exact) mass is 538 g/mol. The van der Waals surface area contributed by atoms with Gasteiger partial charge in [-0.3, -0.25) is 4.79 Å². The summed E-state index contributed by atoms with van der Waals surface area (Å²) in [5, 5.41) is 24.2. The molecule has 0 amide bonds. The highest BCUT2D eigenvalue weighted by molar-refractivity contribution is 5.88. The zero-order chi connectivity index (χ0) is 27.5. The van der Waals surface area contributed by atoms with Gasteiger partial charge in [-0.05, 0) is 104 Å². The van der Waals surface area contributed by atoms with Gasteiger partial charge in [-0.15, -0.1) is 0 Å². The summed E-state index contributed by atoms with van der Waals surface area (Å²) in [5.41, 5.74) is 8.04. The summed E-state index contributed by atoms with van der Waals surface area (Å²) in [4.78, 5) is 11.0. The molecule has 0 aromatic heterocycles. The fourth-order valence-electron chi connectivity index (χ4n) is 6.26. The molecule has 0 saturated heterocycles. The highest BCUT2D eigenvalue weighted by Crippen LogP contribution is 2.39. The Morgan fingerprint density at radius 3 is 2.40 bits per heavy atom. The minimum atomic E-state index is -0.697. The average Bonchev–Trinajstić information content (AvgIpc) is 3.40.